The minimum Gasteiger partial charge on any atom is -0.335 e. The second kappa shape index (κ2) is 6.87. The van der Waals surface area contributed by atoms with Crippen LogP contribution in [-0.4, -0.2) is 28.3 Å². The molecule has 0 bridgehead atoms. The van der Waals surface area contributed by atoms with Gasteiger partial charge < -0.3 is 4.90 Å². The Bertz CT molecular complexity index is 566. The fraction of sp³-hybridized carbons (Fsp3) is 0.385. The fourth-order valence-electron chi connectivity index (χ4n) is 1.71. The second-order valence-electron chi connectivity index (χ2n) is 4.42. The van der Waals surface area contributed by atoms with Crippen LogP contribution in [-0.2, 0) is 0 Å². The van der Waals surface area contributed by atoms with Crippen LogP contribution in [0.4, 0.5) is 5.69 Å². The highest BCUT2D eigenvalue weighted by Gasteiger charge is 2.22. The molecule has 106 valence electrons. The number of carbonyl (C=O) groups excluding carboxylic acids is 1. The van der Waals surface area contributed by atoms with Crippen molar-refractivity contribution < 1.29 is 9.72 Å². The van der Waals surface area contributed by atoms with E-state index in [4.69, 9.17) is 16.9 Å². The number of nitrogens with zero attached hydrogens (tertiary/aromatic N) is 3. The first-order chi connectivity index (χ1) is 9.38. The molecule has 20 heavy (non-hydrogen) atoms. The monoisotopic (exact) mass is 295 g/mol. The second-order valence-corrected chi connectivity index (χ2v) is 4.83. The molecule has 0 unspecified atom stereocenters. The highest BCUT2D eigenvalue weighted by Crippen LogP contribution is 2.24. The first kappa shape index (κ1) is 15.9. The smallest absolute Gasteiger partial charge is 0.270 e. The largest absolute Gasteiger partial charge is 0.335 e. The lowest BCUT2D eigenvalue weighted by molar-refractivity contribution is -0.384. The van der Waals surface area contributed by atoms with Gasteiger partial charge in [-0.3, -0.25) is 14.9 Å². The third-order valence-electron chi connectivity index (χ3n) is 2.74. The van der Waals surface area contributed by atoms with Gasteiger partial charge in [0.2, 0.25) is 0 Å². The molecule has 6 nitrogen and oxygen atoms in total. The first-order valence-electron chi connectivity index (χ1n) is 6.00. The minimum absolute atomic E-state index is 0.0764. The highest BCUT2D eigenvalue weighted by molar-refractivity contribution is 6.33. The Balaban J connectivity index is 3.14. The molecule has 0 fully saturated rings. The van der Waals surface area contributed by atoms with Gasteiger partial charge in [-0.05, 0) is 19.9 Å². The molecular formula is C13H14ClN3O3. The Hall–Kier alpha value is -2.13. The number of halogens is 1. The van der Waals surface area contributed by atoms with E-state index in [2.05, 4.69) is 0 Å². The first-order valence-corrected chi connectivity index (χ1v) is 6.38. The van der Waals surface area contributed by atoms with E-state index in [1.54, 1.807) is 13.8 Å². The third kappa shape index (κ3) is 3.68. The third-order valence-corrected chi connectivity index (χ3v) is 3.07. The molecule has 0 saturated carbocycles. The molecule has 0 heterocycles. The Kier molecular flexibility index (Phi) is 5.47. The Labute approximate surface area is 121 Å². The molecule has 1 aromatic rings. The normalized spacial score (nSPS) is 10.2. The van der Waals surface area contributed by atoms with Gasteiger partial charge in [-0.2, -0.15) is 5.26 Å². The van der Waals surface area contributed by atoms with Crippen molar-refractivity contribution in [2.75, 3.05) is 6.54 Å². The van der Waals surface area contributed by atoms with Crippen molar-refractivity contribution in [3.05, 3.63) is 38.9 Å². The van der Waals surface area contributed by atoms with E-state index in [1.807, 2.05) is 6.07 Å². The molecule has 0 N–H and O–H groups in total. The highest BCUT2D eigenvalue weighted by atomic mass is 35.5. The predicted molar refractivity (Wildman–Crippen MR) is 74.5 cm³/mol. The quantitative estimate of drug-likeness (QED) is 0.617. The average Bonchev–Trinajstić information content (AvgIpc) is 2.38. The summed E-state index contributed by atoms with van der Waals surface area (Å²) in [6.07, 6.45) is 0.191. The molecule has 1 aromatic carbocycles. The molecule has 7 heteroatoms. The molecule has 1 amide bonds. The van der Waals surface area contributed by atoms with E-state index in [1.165, 1.54) is 17.0 Å². The van der Waals surface area contributed by atoms with Crippen LogP contribution in [0.25, 0.3) is 0 Å². The van der Waals surface area contributed by atoms with Gasteiger partial charge in [0.15, 0.2) is 0 Å². The van der Waals surface area contributed by atoms with Crippen LogP contribution in [0.15, 0.2) is 18.2 Å². The standard InChI is InChI=1S/C13H14ClN3O3/c1-9(2)16(7-3-6-15)13(18)11-8-10(17(19)20)4-5-12(11)14/h4-5,8-9H,3,7H2,1-2H3. The predicted octanol–water partition coefficient (Wildman–Crippen LogP) is 3.01. The van der Waals surface area contributed by atoms with Gasteiger partial charge in [0.1, 0.15) is 0 Å². The van der Waals surface area contributed by atoms with Gasteiger partial charge in [0, 0.05) is 24.7 Å². The van der Waals surface area contributed by atoms with Gasteiger partial charge in [-0.1, -0.05) is 11.6 Å². The van der Waals surface area contributed by atoms with Crippen molar-refractivity contribution in [3.8, 4) is 6.07 Å². The molecular weight excluding hydrogens is 282 g/mol. The number of non-ortho nitro benzene ring substituents is 1. The van der Waals surface area contributed by atoms with Crippen molar-refractivity contribution in [2.24, 2.45) is 0 Å². The summed E-state index contributed by atoms with van der Waals surface area (Å²) >= 11 is 5.94. The molecule has 0 aromatic heterocycles. The fourth-order valence-corrected chi connectivity index (χ4v) is 1.91. The molecule has 0 aliphatic rings. The van der Waals surface area contributed by atoms with E-state index in [-0.39, 0.29) is 35.3 Å². The lowest BCUT2D eigenvalue weighted by atomic mass is 10.1. The number of hydrogen-bond acceptors (Lipinski definition) is 4. The summed E-state index contributed by atoms with van der Waals surface area (Å²) in [5.41, 5.74) is -0.116. The van der Waals surface area contributed by atoms with Crippen molar-refractivity contribution in [2.45, 2.75) is 26.3 Å². The van der Waals surface area contributed by atoms with Crippen LogP contribution in [0.2, 0.25) is 5.02 Å². The van der Waals surface area contributed by atoms with Crippen LogP contribution in [0, 0.1) is 21.4 Å². The average molecular weight is 296 g/mol. The van der Waals surface area contributed by atoms with E-state index in [9.17, 15) is 14.9 Å². The van der Waals surface area contributed by atoms with Crippen LogP contribution in [0.1, 0.15) is 30.6 Å². The maximum atomic E-state index is 12.4. The zero-order valence-electron chi connectivity index (χ0n) is 11.2. The molecule has 0 atom stereocenters. The van der Waals surface area contributed by atoms with E-state index >= 15 is 0 Å². The number of nitro groups is 1. The van der Waals surface area contributed by atoms with Crippen LogP contribution in [0.3, 0.4) is 0 Å². The molecule has 1 rings (SSSR count). The number of amides is 1. The summed E-state index contributed by atoms with van der Waals surface area (Å²) in [4.78, 5) is 24.0. The van der Waals surface area contributed by atoms with Gasteiger partial charge in [0.05, 0.1) is 28.0 Å². The lowest BCUT2D eigenvalue weighted by Crippen LogP contribution is -2.37. The number of rotatable bonds is 5. The van der Waals surface area contributed by atoms with Gasteiger partial charge in [-0.15, -0.1) is 0 Å². The van der Waals surface area contributed by atoms with Gasteiger partial charge >= 0.3 is 0 Å². The van der Waals surface area contributed by atoms with Crippen LogP contribution < -0.4 is 0 Å². The Morgan fingerprint density at radius 2 is 2.20 bits per heavy atom. The van der Waals surface area contributed by atoms with Gasteiger partial charge in [0.25, 0.3) is 11.6 Å². The maximum absolute atomic E-state index is 12.4. The zero-order chi connectivity index (χ0) is 15.3. The summed E-state index contributed by atoms with van der Waals surface area (Å²) in [5.74, 6) is -0.413. The number of nitriles is 1. The van der Waals surface area contributed by atoms with E-state index in [0.29, 0.717) is 0 Å². The van der Waals surface area contributed by atoms with Crippen LogP contribution >= 0.6 is 11.6 Å². The topological polar surface area (TPSA) is 87.2 Å². The number of hydrogen-bond donors (Lipinski definition) is 0. The Morgan fingerprint density at radius 1 is 1.55 bits per heavy atom. The molecule has 0 aliphatic heterocycles. The summed E-state index contributed by atoms with van der Waals surface area (Å²) in [5, 5.41) is 19.5. The summed E-state index contributed by atoms with van der Waals surface area (Å²) in [6.45, 7) is 3.87. The van der Waals surface area contributed by atoms with Crippen molar-refractivity contribution >= 4 is 23.2 Å². The molecule has 0 aliphatic carbocycles. The molecule has 0 spiro atoms. The number of nitro benzene ring substituents is 1. The minimum atomic E-state index is -0.581. The molecule has 0 radical (unpaired) electrons. The summed E-state index contributed by atoms with van der Waals surface area (Å²) < 4.78 is 0. The van der Waals surface area contributed by atoms with E-state index < -0.39 is 10.8 Å². The van der Waals surface area contributed by atoms with Crippen LogP contribution in [0.5, 0.6) is 0 Å². The summed E-state index contributed by atoms with van der Waals surface area (Å²) in [7, 11) is 0. The van der Waals surface area contributed by atoms with Gasteiger partial charge in [-0.25, -0.2) is 0 Å². The number of benzene rings is 1. The SMILES string of the molecule is CC(C)N(CCC#N)C(=O)c1cc([N+](=O)[O-])ccc1Cl. The summed E-state index contributed by atoms with van der Waals surface area (Å²) in [6, 6.07) is 5.57. The lowest BCUT2D eigenvalue weighted by Gasteiger charge is -2.26. The van der Waals surface area contributed by atoms with Crippen molar-refractivity contribution in [1.29, 1.82) is 5.26 Å². The zero-order valence-corrected chi connectivity index (χ0v) is 11.9. The van der Waals surface area contributed by atoms with Crippen molar-refractivity contribution in [3.63, 3.8) is 0 Å². The van der Waals surface area contributed by atoms with E-state index in [0.717, 1.165) is 6.07 Å². The van der Waals surface area contributed by atoms with Crippen molar-refractivity contribution in [1.82, 2.24) is 4.90 Å². The molecule has 0 saturated heterocycles. The Morgan fingerprint density at radius 3 is 2.70 bits per heavy atom. The number of carbonyl (C=O) groups is 1. The maximum Gasteiger partial charge on any atom is 0.270 e.